The number of benzene rings is 2. The lowest BCUT2D eigenvalue weighted by atomic mass is 10.1. The highest BCUT2D eigenvalue weighted by molar-refractivity contribution is 6.62. The molecule has 2 aromatic carbocycles. The van der Waals surface area contributed by atoms with E-state index in [2.05, 4.69) is 49.4 Å². The SMILES string of the molecule is CCO[Si](OCC)(OCC)C(C)c1ccc2ccccc2c1. The van der Waals surface area contributed by atoms with Crippen molar-refractivity contribution in [2.75, 3.05) is 19.8 Å². The molecule has 2 aromatic rings. The van der Waals surface area contributed by atoms with Crippen LogP contribution in [0, 0.1) is 0 Å². The van der Waals surface area contributed by atoms with Crippen molar-refractivity contribution in [3.8, 4) is 0 Å². The maximum Gasteiger partial charge on any atom is 0.508 e. The van der Waals surface area contributed by atoms with Gasteiger partial charge in [0.2, 0.25) is 0 Å². The van der Waals surface area contributed by atoms with E-state index in [1.807, 2.05) is 20.8 Å². The van der Waals surface area contributed by atoms with Gasteiger partial charge in [0.1, 0.15) is 0 Å². The van der Waals surface area contributed by atoms with Gasteiger partial charge in [-0.15, -0.1) is 0 Å². The predicted octanol–water partition coefficient (Wildman–Crippen LogP) is 4.53. The minimum Gasteiger partial charge on any atom is -0.373 e. The smallest absolute Gasteiger partial charge is 0.373 e. The van der Waals surface area contributed by atoms with Crippen LogP contribution in [0.25, 0.3) is 10.8 Å². The van der Waals surface area contributed by atoms with Crippen LogP contribution in [-0.4, -0.2) is 28.6 Å². The van der Waals surface area contributed by atoms with Gasteiger partial charge in [-0.05, 0) is 37.1 Å². The lowest BCUT2D eigenvalue weighted by Gasteiger charge is -2.33. The molecular formula is C18H26O3Si. The zero-order valence-electron chi connectivity index (χ0n) is 14.0. The summed E-state index contributed by atoms with van der Waals surface area (Å²) in [5.41, 5.74) is 1.32. The van der Waals surface area contributed by atoms with Crippen LogP contribution in [0.1, 0.15) is 38.8 Å². The van der Waals surface area contributed by atoms with Crippen molar-refractivity contribution in [3.05, 3.63) is 48.0 Å². The quantitative estimate of drug-likeness (QED) is 0.669. The topological polar surface area (TPSA) is 27.7 Å². The molecule has 0 aliphatic carbocycles. The molecule has 0 saturated heterocycles. The summed E-state index contributed by atoms with van der Waals surface area (Å²) in [7, 11) is -2.73. The first-order valence-electron chi connectivity index (χ1n) is 8.07. The Morgan fingerprint density at radius 1 is 0.818 bits per heavy atom. The van der Waals surface area contributed by atoms with E-state index in [1.165, 1.54) is 16.3 Å². The van der Waals surface area contributed by atoms with E-state index in [1.54, 1.807) is 0 Å². The van der Waals surface area contributed by atoms with E-state index >= 15 is 0 Å². The second-order valence-electron chi connectivity index (χ2n) is 5.23. The average molecular weight is 318 g/mol. The van der Waals surface area contributed by atoms with Gasteiger partial charge in [-0.3, -0.25) is 0 Å². The molecule has 0 radical (unpaired) electrons. The van der Waals surface area contributed by atoms with Crippen molar-refractivity contribution in [2.24, 2.45) is 0 Å². The summed E-state index contributed by atoms with van der Waals surface area (Å²) in [6.45, 7) is 9.93. The minimum absolute atomic E-state index is 0.108. The van der Waals surface area contributed by atoms with Crippen molar-refractivity contribution in [1.82, 2.24) is 0 Å². The Morgan fingerprint density at radius 2 is 1.36 bits per heavy atom. The summed E-state index contributed by atoms with van der Waals surface area (Å²) in [6.07, 6.45) is 0. The van der Waals surface area contributed by atoms with Gasteiger partial charge in [0.15, 0.2) is 0 Å². The molecule has 0 aliphatic heterocycles. The summed E-state index contributed by atoms with van der Waals surface area (Å²) in [5, 5.41) is 2.48. The molecule has 0 N–H and O–H groups in total. The third kappa shape index (κ3) is 3.58. The highest BCUT2D eigenvalue weighted by Crippen LogP contribution is 2.31. The number of rotatable bonds is 8. The molecule has 120 valence electrons. The second-order valence-corrected chi connectivity index (χ2v) is 8.17. The van der Waals surface area contributed by atoms with E-state index in [4.69, 9.17) is 13.3 Å². The van der Waals surface area contributed by atoms with Crippen LogP contribution in [-0.2, 0) is 13.3 Å². The molecule has 0 amide bonds. The van der Waals surface area contributed by atoms with Gasteiger partial charge in [0.05, 0.1) is 5.54 Å². The number of fused-ring (bicyclic) bond motifs is 1. The van der Waals surface area contributed by atoms with Crippen molar-refractivity contribution in [2.45, 2.75) is 33.2 Å². The standard InChI is InChI=1S/C18H26O3Si/c1-5-19-22(20-6-2,21-7-3)15(4)17-13-12-16-10-8-9-11-18(16)14-17/h8-15H,5-7H2,1-4H3. The summed E-state index contributed by atoms with van der Waals surface area (Å²) in [4.78, 5) is 0. The Bertz CT molecular complexity index is 583. The van der Waals surface area contributed by atoms with Gasteiger partial charge in [-0.2, -0.15) is 0 Å². The lowest BCUT2D eigenvalue weighted by Crippen LogP contribution is -2.51. The monoisotopic (exact) mass is 318 g/mol. The molecular weight excluding hydrogens is 292 g/mol. The molecule has 1 unspecified atom stereocenters. The molecule has 0 spiro atoms. The van der Waals surface area contributed by atoms with Gasteiger partial charge < -0.3 is 13.3 Å². The molecule has 0 heterocycles. The van der Waals surface area contributed by atoms with Crippen LogP contribution >= 0.6 is 0 Å². The highest BCUT2D eigenvalue weighted by atomic mass is 28.4. The van der Waals surface area contributed by atoms with Crippen LogP contribution in [0.15, 0.2) is 42.5 Å². The van der Waals surface area contributed by atoms with Crippen LogP contribution in [0.3, 0.4) is 0 Å². The second kappa shape index (κ2) is 7.88. The first-order valence-corrected chi connectivity index (χ1v) is 9.87. The summed E-state index contributed by atoms with van der Waals surface area (Å²) in [5.74, 6) is 0. The largest absolute Gasteiger partial charge is 0.508 e. The zero-order valence-corrected chi connectivity index (χ0v) is 15.0. The molecule has 2 rings (SSSR count). The van der Waals surface area contributed by atoms with E-state index < -0.39 is 8.80 Å². The van der Waals surface area contributed by atoms with Crippen LogP contribution in [0.5, 0.6) is 0 Å². The molecule has 0 fully saturated rings. The van der Waals surface area contributed by atoms with Crippen molar-refractivity contribution >= 4 is 19.6 Å². The highest BCUT2D eigenvalue weighted by Gasteiger charge is 2.47. The van der Waals surface area contributed by atoms with Crippen molar-refractivity contribution in [3.63, 3.8) is 0 Å². The van der Waals surface area contributed by atoms with Crippen LogP contribution < -0.4 is 0 Å². The molecule has 0 bridgehead atoms. The first-order chi connectivity index (χ1) is 10.7. The van der Waals surface area contributed by atoms with Gasteiger partial charge in [-0.1, -0.05) is 49.4 Å². The van der Waals surface area contributed by atoms with E-state index in [0.29, 0.717) is 19.8 Å². The lowest BCUT2D eigenvalue weighted by molar-refractivity contribution is 0.0634. The fourth-order valence-corrected chi connectivity index (χ4v) is 5.58. The molecule has 0 aromatic heterocycles. The zero-order chi connectivity index (χ0) is 16.0. The van der Waals surface area contributed by atoms with E-state index in [9.17, 15) is 0 Å². The van der Waals surface area contributed by atoms with E-state index in [-0.39, 0.29) is 5.54 Å². The molecule has 1 atom stereocenters. The molecule has 22 heavy (non-hydrogen) atoms. The molecule has 4 heteroatoms. The summed E-state index contributed by atoms with van der Waals surface area (Å²) < 4.78 is 18.1. The van der Waals surface area contributed by atoms with Gasteiger partial charge in [0.25, 0.3) is 0 Å². The fourth-order valence-electron chi connectivity index (χ4n) is 2.78. The fraction of sp³-hybridized carbons (Fsp3) is 0.444. The molecule has 0 saturated carbocycles. The normalized spacial score (nSPS) is 13.5. The Kier molecular flexibility index (Phi) is 6.14. The third-order valence-corrected chi connectivity index (χ3v) is 7.31. The van der Waals surface area contributed by atoms with Crippen molar-refractivity contribution < 1.29 is 13.3 Å². The van der Waals surface area contributed by atoms with Crippen molar-refractivity contribution in [1.29, 1.82) is 0 Å². The number of hydrogen-bond donors (Lipinski definition) is 0. The van der Waals surface area contributed by atoms with Gasteiger partial charge >= 0.3 is 8.80 Å². The minimum atomic E-state index is -2.73. The number of hydrogen-bond acceptors (Lipinski definition) is 3. The Balaban J connectivity index is 2.39. The Labute approximate surface area is 134 Å². The maximum absolute atomic E-state index is 6.03. The Hall–Kier alpha value is -1.20. The Morgan fingerprint density at radius 3 is 1.91 bits per heavy atom. The van der Waals surface area contributed by atoms with E-state index in [0.717, 1.165) is 0 Å². The first kappa shape index (κ1) is 17.2. The third-order valence-electron chi connectivity index (χ3n) is 3.84. The van der Waals surface area contributed by atoms with Crippen LogP contribution in [0.4, 0.5) is 0 Å². The average Bonchev–Trinajstić information content (AvgIpc) is 2.54. The summed E-state index contributed by atoms with van der Waals surface area (Å²) in [6, 6.07) is 14.9. The molecule has 3 nitrogen and oxygen atoms in total. The van der Waals surface area contributed by atoms with Gasteiger partial charge in [0, 0.05) is 19.8 Å². The predicted molar refractivity (Wildman–Crippen MR) is 93.0 cm³/mol. The van der Waals surface area contributed by atoms with Crippen LogP contribution in [0.2, 0.25) is 0 Å². The summed E-state index contributed by atoms with van der Waals surface area (Å²) >= 11 is 0. The maximum atomic E-state index is 6.03. The van der Waals surface area contributed by atoms with Gasteiger partial charge in [-0.25, -0.2) is 0 Å². The molecule has 0 aliphatic rings.